The fraction of sp³-hybridized carbons (Fsp3) is 0.455. The van der Waals surface area contributed by atoms with Crippen LogP contribution in [0, 0.1) is 0 Å². The fourth-order valence-electron chi connectivity index (χ4n) is 3.75. The summed E-state index contributed by atoms with van der Waals surface area (Å²) in [5, 5.41) is 12.8. The van der Waals surface area contributed by atoms with Gasteiger partial charge in [-0.2, -0.15) is 4.52 Å². The summed E-state index contributed by atoms with van der Waals surface area (Å²) in [7, 11) is 3.24. The van der Waals surface area contributed by atoms with E-state index in [1.165, 1.54) is 5.56 Å². The van der Waals surface area contributed by atoms with Gasteiger partial charge < -0.3 is 19.1 Å². The Morgan fingerprint density at radius 1 is 1.10 bits per heavy atom. The molecule has 0 bridgehead atoms. The lowest BCUT2D eigenvalue weighted by Gasteiger charge is -2.29. The van der Waals surface area contributed by atoms with Crippen molar-refractivity contribution in [3.05, 3.63) is 41.2 Å². The van der Waals surface area contributed by atoms with Gasteiger partial charge in [0.05, 0.1) is 20.3 Å². The molecule has 0 unspecified atom stereocenters. The highest BCUT2D eigenvalue weighted by molar-refractivity contribution is 5.76. The zero-order chi connectivity index (χ0) is 22.0. The lowest BCUT2D eigenvalue weighted by atomic mass is 9.98. The normalized spacial score (nSPS) is 13.4. The van der Waals surface area contributed by atoms with Crippen LogP contribution in [0.3, 0.4) is 0 Å². The molecule has 164 valence electrons. The Balaban J connectivity index is 1.44. The Labute approximate surface area is 180 Å². The smallest absolute Gasteiger partial charge is 0.232 e. The van der Waals surface area contributed by atoms with Crippen molar-refractivity contribution in [3.8, 4) is 17.4 Å². The van der Waals surface area contributed by atoms with E-state index in [9.17, 15) is 4.79 Å². The van der Waals surface area contributed by atoms with Crippen molar-refractivity contribution >= 4 is 11.6 Å². The number of carbonyl (C=O) groups excluding carboxylic acids is 1. The molecule has 0 radical (unpaired) electrons. The van der Waals surface area contributed by atoms with E-state index in [4.69, 9.17) is 14.2 Å². The Morgan fingerprint density at radius 2 is 1.84 bits per heavy atom. The number of benzene rings is 1. The van der Waals surface area contributed by atoms with Crippen molar-refractivity contribution < 1.29 is 19.0 Å². The SMILES string of the molecule is COc1cc2c(cc1OC)CN(C(=O)CCc1nnc3ccc(OC(C)C)nn13)CC2. The van der Waals surface area contributed by atoms with Crippen molar-refractivity contribution in [2.45, 2.75) is 45.8 Å². The highest BCUT2D eigenvalue weighted by Gasteiger charge is 2.23. The largest absolute Gasteiger partial charge is 0.493 e. The van der Waals surface area contributed by atoms with Gasteiger partial charge in [0, 0.05) is 32.0 Å². The number of aromatic nitrogens is 4. The molecule has 0 fully saturated rings. The first kappa shape index (κ1) is 20.9. The van der Waals surface area contributed by atoms with Crippen LogP contribution in [-0.4, -0.2) is 57.5 Å². The lowest BCUT2D eigenvalue weighted by Crippen LogP contribution is -2.36. The molecule has 4 rings (SSSR count). The summed E-state index contributed by atoms with van der Waals surface area (Å²) < 4.78 is 18.1. The Morgan fingerprint density at radius 3 is 2.55 bits per heavy atom. The van der Waals surface area contributed by atoms with Crippen molar-refractivity contribution in [1.82, 2.24) is 24.7 Å². The maximum atomic E-state index is 12.9. The first-order valence-corrected chi connectivity index (χ1v) is 10.4. The molecule has 1 aliphatic rings. The average Bonchev–Trinajstić information content (AvgIpc) is 3.17. The minimum atomic E-state index is 0.0204. The summed E-state index contributed by atoms with van der Waals surface area (Å²) in [6, 6.07) is 7.54. The summed E-state index contributed by atoms with van der Waals surface area (Å²) in [5.41, 5.74) is 2.90. The first-order valence-electron chi connectivity index (χ1n) is 10.4. The monoisotopic (exact) mass is 425 g/mol. The molecule has 1 amide bonds. The van der Waals surface area contributed by atoms with E-state index in [0.717, 1.165) is 12.0 Å². The van der Waals surface area contributed by atoms with Gasteiger partial charge in [-0.25, -0.2) is 0 Å². The van der Waals surface area contributed by atoms with Crippen LogP contribution in [0.25, 0.3) is 5.65 Å². The van der Waals surface area contributed by atoms with Gasteiger partial charge in [-0.15, -0.1) is 15.3 Å². The van der Waals surface area contributed by atoms with Gasteiger partial charge in [0.15, 0.2) is 23.0 Å². The predicted molar refractivity (Wildman–Crippen MR) is 114 cm³/mol. The fourth-order valence-corrected chi connectivity index (χ4v) is 3.75. The molecule has 0 N–H and O–H groups in total. The molecule has 3 aromatic rings. The lowest BCUT2D eigenvalue weighted by molar-refractivity contribution is -0.132. The van der Waals surface area contributed by atoms with E-state index in [0.29, 0.717) is 54.8 Å². The summed E-state index contributed by atoms with van der Waals surface area (Å²) in [6.07, 6.45) is 1.59. The number of hydrogen-bond acceptors (Lipinski definition) is 7. The van der Waals surface area contributed by atoms with Crippen LogP contribution < -0.4 is 14.2 Å². The summed E-state index contributed by atoms with van der Waals surface area (Å²) in [5.74, 6) is 2.61. The number of aryl methyl sites for hydroxylation is 1. The van der Waals surface area contributed by atoms with Crippen LogP contribution in [0.2, 0.25) is 0 Å². The zero-order valence-corrected chi connectivity index (χ0v) is 18.3. The van der Waals surface area contributed by atoms with Crippen LogP contribution in [0.5, 0.6) is 17.4 Å². The van der Waals surface area contributed by atoms with Crippen LogP contribution in [0.15, 0.2) is 24.3 Å². The van der Waals surface area contributed by atoms with Gasteiger partial charge in [-0.1, -0.05) is 0 Å². The third-order valence-corrected chi connectivity index (χ3v) is 5.29. The van der Waals surface area contributed by atoms with Gasteiger partial charge in [0.2, 0.25) is 11.8 Å². The average molecular weight is 425 g/mol. The van der Waals surface area contributed by atoms with E-state index in [2.05, 4.69) is 15.3 Å². The highest BCUT2D eigenvalue weighted by Crippen LogP contribution is 2.33. The predicted octanol–water partition coefficient (Wildman–Crippen LogP) is 2.45. The van der Waals surface area contributed by atoms with Crippen molar-refractivity contribution in [3.63, 3.8) is 0 Å². The van der Waals surface area contributed by atoms with E-state index >= 15 is 0 Å². The molecule has 1 aliphatic heterocycles. The van der Waals surface area contributed by atoms with Crippen molar-refractivity contribution in [1.29, 1.82) is 0 Å². The molecule has 0 aliphatic carbocycles. The maximum absolute atomic E-state index is 12.9. The summed E-state index contributed by atoms with van der Waals surface area (Å²) >= 11 is 0. The van der Waals surface area contributed by atoms with Crippen LogP contribution in [0.4, 0.5) is 0 Å². The molecule has 0 atom stereocenters. The van der Waals surface area contributed by atoms with Gasteiger partial charge in [0.1, 0.15) is 0 Å². The second-order valence-electron chi connectivity index (χ2n) is 7.77. The van der Waals surface area contributed by atoms with E-state index in [-0.39, 0.29) is 12.0 Å². The molecule has 9 heteroatoms. The molecule has 0 spiro atoms. The second kappa shape index (κ2) is 8.79. The number of methoxy groups -OCH3 is 2. The molecule has 1 aromatic carbocycles. The minimum absolute atomic E-state index is 0.0204. The molecular formula is C22H27N5O4. The van der Waals surface area contributed by atoms with E-state index in [1.807, 2.05) is 36.9 Å². The third-order valence-electron chi connectivity index (χ3n) is 5.29. The quantitative estimate of drug-likeness (QED) is 0.574. The number of ether oxygens (including phenoxy) is 3. The molecule has 2 aromatic heterocycles. The molecule has 0 saturated heterocycles. The van der Waals surface area contributed by atoms with E-state index < -0.39 is 0 Å². The highest BCUT2D eigenvalue weighted by atomic mass is 16.5. The van der Waals surface area contributed by atoms with Gasteiger partial charge in [-0.3, -0.25) is 4.79 Å². The summed E-state index contributed by atoms with van der Waals surface area (Å²) in [4.78, 5) is 14.8. The second-order valence-corrected chi connectivity index (χ2v) is 7.77. The Kier molecular flexibility index (Phi) is 5.92. The Bertz CT molecular complexity index is 1090. The first-order chi connectivity index (χ1) is 15.0. The molecule has 3 heterocycles. The standard InChI is InChI=1S/C22H27N5O4/c1-14(2)31-21-7-5-19-23-24-20(27(19)25-21)6-8-22(28)26-10-9-15-11-17(29-3)18(30-4)12-16(15)13-26/h5,7,11-12,14H,6,8-10,13H2,1-4H3. The molecule has 31 heavy (non-hydrogen) atoms. The minimum Gasteiger partial charge on any atom is -0.493 e. The van der Waals surface area contributed by atoms with Crippen molar-refractivity contribution in [2.24, 2.45) is 0 Å². The molecule has 9 nitrogen and oxygen atoms in total. The number of fused-ring (bicyclic) bond motifs is 2. The number of rotatable bonds is 7. The van der Waals surface area contributed by atoms with Crippen LogP contribution in [-0.2, 0) is 24.2 Å². The zero-order valence-electron chi connectivity index (χ0n) is 18.3. The maximum Gasteiger partial charge on any atom is 0.232 e. The number of carbonyl (C=O) groups is 1. The van der Waals surface area contributed by atoms with Gasteiger partial charge in [0.25, 0.3) is 0 Å². The van der Waals surface area contributed by atoms with Crippen LogP contribution in [0.1, 0.15) is 37.2 Å². The Hall–Kier alpha value is -3.36. The van der Waals surface area contributed by atoms with Gasteiger partial charge >= 0.3 is 0 Å². The van der Waals surface area contributed by atoms with Gasteiger partial charge in [-0.05, 0) is 49.6 Å². The molecule has 0 saturated carbocycles. The molecular weight excluding hydrogens is 398 g/mol. The topological polar surface area (TPSA) is 91.1 Å². The van der Waals surface area contributed by atoms with E-state index in [1.54, 1.807) is 24.8 Å². The number of hydrogen-bond donors (Lipinski definition) is 0. The summed E-state index contributed by atoms with van der Waals surface area (Å²) in [6.45, 7) is 5.12. The third kappa shape index (κ3) is 4.40. The van der Waals surface area contributed by atoms with Crippen molar-refractivity contribution in [2.75, 3.05) is 20.8 Å². The number of amides is 1. The van der Waals surface area contributed by atoms with Crippen LogP contribution >= 0.6 is 0 Å². The number of nitrogens with zero attached hydrogens (tertiary/aromatic N) is 5.